The number of benzene rings is 1. The lowest BCUT2D eigenvalue weighted by atomic mass is 10.1. The maximum atomic E-state index is 10.9. The molecule has 1 heterocycles. The third kappa shape index (κ3) is 2.18. The molecular formula is C12H14OS. The molecule has 74 valence electrons. The molecule has 1 aliphatic rings. The minimum Gasteiger partial charge on any atom is -0.300 e. The lowest BCUT2D eigenvalue weighted by molar-refractivity contribution is -0.117. The van der Waals surface area contributed by atoms with Crippen LogP contribution in [0.4, 0.5) is 0 Å². The maximum Gasteiger partial charge on any atom is 0.129 e. The van der Waals surface area contributed by atoms with Crippen molar-refractivity contribution < 1.29 is 4.79 Å². The zero-order valence-corrected chi connectivity index (χ0v) is 9.14. The molecule has 1 unspecified atom stereocenters. The number of Topliss-reactive ketones (excluding diaryl/α,β-unsaturated/α-hetero) is 1. The minimum absolute atomic E-state index is 0.307. The molecule has 0 fully saturated rings. The monoisotopic (exact) mass is 206 g/mol. The average Bonchev–Trinajstić information content (AvgIpc) is 2.57. The van der Waals surface area contributed by atoms with Crippen molar-refractivity contribution in [2.75, 3.05) is 0 Å². The van der Waals surface area contributed by atoms with Gasteiger partial charge in [0.15, 0.2) is 0 Å². The van der Waals surface area contributed by atoms with Crippen molar-refractivity contribution in [2.45, 2.75) is 36.3 Å². The third-order valence-electron chi connectivity index (χ3n) is 2.53. The van der Waals surface area contributed by atoms with Gasteiger partial charge in [0.05, 0.1) is 0 Å². The Morgan fingerprint density at radius 1 is 1.50 bits per heavy atom. The largest absolute Gasteiger partial charge is 0.300 e. The molecule has 0 N–H and O–H groups in total. The zero-order valence-electron chi connectivity index (χ0n) is 8.32. The number of hydrogen-bond donors (Lipinski definition) is 0. The highest BCUT2D eigenvalue weighted by Gasteiger charge is 2.21. The molecule has 2 heteroatoms. The van der Waals surface area contributed by atoms with Gasteiger partial charge in [-0.25, -0.2) is 0 Å². The smallest absolute Gasteiger partial charge is 0.129 e. The topological polar surface area (TPSA) is 17.1 Å². The Morgan fingerprint density at radius 3 is 3.00 bits per heavy atom. The molecule has 2 rings (SSSR count). The highest BCUT2D eigenvalue weighted by molar-refractivity contribution is 8.00. The van der Waals surface area contributed by atoms with E-state index in [1.54, 1.807) is 6.92 Å². The fourth-order valence-corrected chi connectivity index (χ4v) is 3.10. The molecule has 0 bridgehead atoms. The van der Waals surface area contributed by atoms with E-state index in [-0.39, 0.29) is 0 Å². The lowest BCUT2D eigenvalue weighted by Crippen LogP contribution is -2.03. The van der Waals surface area contributed by atoms with Crippen LogP contribution in [0.1, 0.15) is 25.3 Å². The van der Waals surface area contributed by atoms with Crippen molar-refractivity contribution in [3.63, 3.8) is 0 Å². The van der Waals surface area contributed by atoms with Crippen molar-refractivity contribution in [3.05, 3.63) is 29.8 Å². The molecule has 0 saturated carbocycles. The van der Waals surface area contributed by atoms with E-state index < -0.39 is 0 Å². The van der Waals surface area contributed by atoms with Crippen LogP contribution in [0.25, 0.3) is 0 Å². The summed E-state index contributed by atoms with van der Waals surface area (Å²) in [4.78, 5) is 12.3. The van der Waals surface area contributed by atoms with Crippen LogP contribution in [-0.2, 0) is 11.2 Å². The molecule has 0 aromatic heterocycles. The molecule has 1 atom stereocenters. The Bertz CT molecular complexity index is 321. The van der Waals surface area contributed by atoms with Crippen molar-refractivity contribution in [1.82, 2.24) is 0 Å². The Hall–Kier alpha value is -0.760. The van der Waals surface area contributed by atoms with Gasteiger partial charge in [0.2, 0.25) is 0 Å². The molecule has 1 nitrogen and oxygen atoms in total. The summed E-state index contributed by atoms with van der Waals surface area (Å²) in [6, 6.07) is 8.54. The van der Waals surface area contributed by atoms with Gasteiger partial charge in [-0.05, 0) is 31.4 Å². The van der Waals surface area contributed by atoms with E-state index in [1.807, 2.05) is 11.8 Å². The number of hydrogen-bond acceptors (Lipinski definition) is 2. The molecule has 0 aliphatic carbocycles. The molecule has 0 radical (unpaired) electrons. The van der Waals surface area contributed by atoms with Crippen LogP contribution in [0, 0.1) is 0 Å². The SMILES string of the molecule is CC(=O)CCC1Cc2ccccc2S1. The predicted molar refractivity (Wildman–Crippen MR) is 59.7 cm³/mol. The second kappa shape index (κ2) is 4.18. The Morgan fingerprint density at radius 2 is 2.29 bits per heavy atom. The van der Waals surface area contributed by atoms with Crippen molar-refractivity contribution >= 4 is 17.5 Å². The van der Waals surface area contributed by atoms with Crippen LogP contribution >= 0.6 is 11.8 Å². The van der Waals surface area contributed by atoms with E-state index in [4.69, 9.17) is 0 Å². The third-order valence-corrected chi connectivity index (χ3v) is 3.92. The van der Waals surface area contributed by atoms with E-state index in [9.17, 15) is 4.79 Å². The normalized spacial score (nSPS) is 19.4. The van der Waals surface area contributed by atoms with Gasteiger partial charge in [-0.1, -0.05) is 18.2 Å². The van der Waals surface area contributed by atoms with Gasteiger partial charge < -0.3 is 4.79 Å². The summed E-state index contributed by atoms with van der Waals surface area (Å²) in [5.41, 5.74) is 1.45. The van der Waals surface area contributed by atoms with E-state index in [2.05, 4.69) is 24.3 Å². The van der Waals surface area contributed by atoms with Crippen LogP contribution in [0.2, 0.25) is 0 Å². The Kier molecular flexibility index (Phi) is 2.92. The van der Waals surface area contributed by atoms with Gasteiger partial charge >= 0.3 is 0 Å². The second-order valence-corrected chi connectivity index (χ2v) is 5.13. The first-order chi connectivity index (χ1) is 6.75. The summed E-state index contributed by atoms with van der Waals surface area (Å²) in [6.45, 7) is 1.67. The van der Waals surface area contributed by atoms with E-state index in [1.165, 1.54) is 10.5 Å². The number of thioether (sulfide) groups is 1. The van der Waals surface area contributed by atoms with E-state index in [0.29, 0.717) is 11.0 Å². The Balaban J connectivity index is 1.95. The van der Waals surface area contributed by atoms with Gasteiger partial charge in [0, 0.05) is 16.6 Å². The first-order valence-electron chi connectivity index (χ1n) is 4.99. The highest BCUT2D eigenvalue weighted by atomic mass is 32.2. The first-order valence-corrected chi connectivity index (χ1v) is 5.87. The van der Waals surface area contributed by atoms with Gasteiger partial charge in [-0.15, -0.1) is 11.8 Å². The number of carbonyl (C=O) groups is 1. The molecule has 0 spiro atoms. The predicted octanol–water partition coefficient (Wildman–Crippen LogP) is 3.07. The summed E-state index contributed by atoms with van der Waals surface area (Å²) in [5.74, 6) is 0.307. The molecule has 14 heavy (non-hydrogen) atoms. The molecular weight excluding hydrogens is 192 g/mol. The number of ketones is 1. The quantitative estimate of drug-likeness (QED) is 0.756. The average molecular weight is 206 g/mol. The maximum absolute atomic E-state index is 10.9. The van der Waals surface area contributed by atoms with Crippen LogP contribution in [0.15, 0.2) is 29.2 Å². The van der Waals surface area contributed by atoms with Gasteiger partial charge in [-0.2, -0.15) is 0 Å². The minimum atomic E-state index is 0.307. The standard InChI is InChI=1S/C12H14OS/c1-9(13)6-7-11-8-10-4-2-3-5-12(10)14-11/h2-5,11H,6-8H2,1H3. The van der Waals surface area contributed by atoms with E-state index >= 15 is 0 Å². The fraction of sp³-hybridized carbons (Fsp3) is 0.417. The van der Waals surface area contributed by atoms with Crippen LogP contribution in [0.3, 0.4) is 0 Å². The Labute approximate surface area is 88.9 Å². The summed E-state index contributed by atoms with van der Waals surface area (Å²) >= 11 is 1.93. The number of carbonyl (C=O) groups excluding carboxylic acids is 1. The fourth-order valence-electron chi connectivity index (χ4n) is 1.78. The van der Waals surface area contributed by atoms with Crippen LogP contribution < -0.4 is 0 Å². The van der Waals surface area contributed by atoms with Crippen molar-refractivity contribution in [2.24, 2.45) is 0 Å². The molecule has 0 saturated heterocycles. The first kappa shape index (κ1) is 9.78. The number of fused-ring (bicyclic) bond motifs is 1. The van der Waals surface area contributed by atoms with Gasteiger partial charge in [-0.3, -0.25) is 0 Å². The summed E-state index contributed by atoms with van der Waals surface area (Å²) < 4.78 is 0. The molecule has 1 aliphatic heterocycles. The zero-order chi connectivity index (χ0) is 9.97. The summed E-state index contributed by atoms with van der Waals surface area (Å²) in [5, 5.41) is 0.622. The van der Waals surface area contributed by atoms with Gasteiger partial charge in [0.25, 0.3) is 0 Å². The highest BCUT2D eigenvalue weighted by Crippen LogP contribution is 2.38. The molecule has 1 aromatic rings. The van der Waals surface area contributed by atoms with Gasteiger partial charge in [0.1, 0.15) is 5.78 Å². The summed E-state index contributed by atoms with van der Waals surface area (Å²) in [7, 11) is 0. The van der Waals surface area contributed by atoms with E-state index in [0.717, 1.165) is 19.3 Å². The number of rotatable bonds is 3. The molecule has 1 aromatic carbocycles. The second-order valence-electron chi connectivity index (χ2n) is 3.79. The lowest BCUT2D eigenvalue weighted by Gasteiger charge is -2.05. The van der Waals surface area contributed by atoms with Crippen molar-refractivity contribution in [3.8, 4) is 0 Å². The van der Waals surface area contributed by atoms with Crippen LogP contribution in [-0.4, -0.2) is 11.0 Å². The molecule has 0 amide bonds. The van der Waals surface area contributed by atoms with Crippen LogP contribution in [0.5, 0.6) is 0 Å². The van der Waals surface area contributed by atoms with Crippen molar-refractivity contribution in [1.29, 1.82) is 0 Å². The summed E-state index contributed by atoms with van der Waals surface area (Å²) in [6.07, 6.45) is 2.88.